The second-order valence-corrected chi connectivity index (χ2v) is 5.47. The first-order chi connectivity index (χ1) is 10.8. The molecule has 1 unspecified atom stereocenters. The van der Waals surface area contributed by atoms with E-state index in [2.05, 4.69) is 34.2 Å². The first-order valence-corrected chi connectivity index (χ1v) is 7.62. The van der Waals surface area contributed by atoms with Crippen LogP contribution in [-0.2, 0) is 6.54 Å². The summed E-state index contributed by atoms with van der Waals surface area (Å²) in [6.07, 6.45) is 0. The highest BCUT2D eigenvalue weighted by Crippen LogP contribution is 2.24. The molecule has 0 aliphatic rings. The lowest BCUT2D eigenvalue weighted by Crippen LogP contribution is -2.44. The number of alkyl halides is 2. The zero-order valence-electron chi connectivity index (χ0n) is 13.9. The van der Waals surface area contributed by atoms with E-state index >= 15 is 0 Å². The average molecular weight is 331 g/mol. The normalized spacial score (nSPS) is 13.3. The summed E-state index contributed by atoms with van der Waals surface area (Å²) >= 11 is 0. The van der Waals surface area contributed by atoms with E-state index in [0.717, 1.165) is 0 Å². The highest BCUT2D eigenvalue weighted by molar-refractivity contribution is 5.80. The lowest BCUT2D eigenvalue weighted by molar-refractivity contribution is -0.0506. The van der Waals surface area contributed by atoms with E-state index in [1.807, 2.05) is 13.8 Å². The first-order valence-electron chi connectivity index (χ1n) is 7.62. The Morgan fingerprint density at radius 3 is 2.52 bits per heavy atom. The summed E-state index contributed by atoms with van der Waals surface area (Å²) in [5.41, 5.74) is 0.00204. The number of hydrogen-bond acceptors (Lipinski definition) is 2. The molecule has 23 heavy (non-hydrogen) atoms. The van der Waals surface area contributed by atoms with Crippen molar-refractivity contribution in [3.8, 4) is 5.75 Å². The Morgan fingerprint density at radius 2 is 1.96 bits per heavy atom. The SMILES string of the molecule is CCNC(=NCc1c(F)cccc1OC(F)F)NC(C)C(C)C. The maximum atomic E-state index is 13.9. The molecule has 0 saturated heterocycles. The van der Waals surface area contributed by atoms with Gasteiger partial charge in [0.15, 0.2) is 5.96 Å². The molecule has 1 aromatic rings. The van der Waals surface area contributed by atoms with Gasteiger partial charge in [0.1, 0.15) is 11.6 Å². The van der Waals surface area contributed by atoms with Crippen molar-refractivity contribution in [2.45, 2.75) is 46.9 Å². The van der Waals surface area contributed by atoms with E-state index in [4.69, 9.17) is 0 Å². The largest absolute Gasteiger partial charge is 0.434 e. The average Bonchev–Trinajstić information content (AvgIpc) is 2.45. The molecule has 0 aliphatic heterocycles. The third-order valence-electron chi connectivity index (χ3n) is 3.40. The second-order valence-electron chi connectivity index (χ2n) is 5.47. The van der Waals surface area contributed by atoms with Crippen LogP contribution in [0.2, 0.25) is 0 Å². The molecule has 1 atom stereocenters. The fraction of sp³-hybridized carbons (Fsp3) is 0.562. The van der Waals surface area contributed by atoms with Crippen LogP contribution in [0.3, 0.4) is 0 Å². The van der Waals surface area contributed by atoms with Gasteiger partial charge in [-0.2, -0.15) is 8.78 Å². The van der Waals surface area contributed by atoms with Crippen molar-refractivity contribution >= 4 is 5.96 Å². The van der Waals surface area contributed by atoms with Gasteiger partial charge in [-0.05, 0) is 31.9 Å². The Balaban J connectivity index is 2.94. The van der Waals surface area contributed by atoms with Crippen molar-refractivity contribution in [2.75, 3.05) is 6.54 Å². The quantitative estimate of drug-likeness (QED) is 0.593. The zero-order valence-corrected chi connectivity index (χ0v) is 13.9. The predicted molar refractivity (Wildman–Crippen MR) is 85.3 cm³/mol. The van der Waals surface area contributed by atoms with Crippen LogP contribution in [0.5, 0.6) is 5.75 Å². The minimum Gasteiger partial charge on any atom is -0.434 e. The summed E-state index contributed by atoms with van der Waals surface area (Å²) in [7, 11) is 0. The van der Waals surface area contributed by atoms with Gasteiger partial charge in [-0.15, -0.1) is 0 Å². The number of aliphatic imine (C=N–C) groups is 1. The van der Waals surface area contributed by atoms with Gasteiger partial charge in [0.2, 0.25) is 0 Å². The van der Waals surface area contributed by atoms with Gasteiger partial charge in [0.25, 0.3) is 0 Å². The van der Waals surface area contributed by atoms with Gasteiger partial charge < -0.3 is 15.4 Å². The molecule has 0 saturated carbocycles. The Bertz CT molecular complexity index is 521. The van der Waals surface area contributed by atoms with Crippen LogP contribution < -0.4 is 15.4 Å². The number of nitrogens with zero attached hydrogens (tertiary/aromatic N) is 1. The number of hydrogen-bond donors (Lipinski definition) is 2. The fourth-order valence-electron chi connectivity index (χ4n) is 1.76. The summed E-state index contributed by atoms with van der Waals surface area (Å²) in [6.45, 7) is 5.56. The standard InChI is InChI=1S/C16H24F3N3O/c1-5-20-16(22-11(4)10(2)3)21-9-12-13(17)7-6-8-14(12)23-15(18)19/h6-8,10-11,15H,5,9H2,1-4H3,(H2,20,21,22). The highest BCUT2D eigenvalue weighted by Gasteiger charge is 2.14. The van der Waals surface area contributed by atoms with Crippen molar-refractivity contribution in [3.05, 3.63) is 29.6 Å². The molecule has 0 bridgehead atoms. The molecule has 0 aliphatic carbocycles. The van der Waals surface area contributed by atoms with Gasteiger partial charge in [0.05, 0.1) is 12.1 Å². The van der Waals surface area contributed by atoms with Crippen LogP contribution in [0.1, 0.15) is 33.3 Å². The fourth-order valence-corrected chi connectivity index (χ4v) is 1.76. The molecule has 0 amide bonds. The van der Waals surface area contributed by atoms with Crippen LogP contribution in [0, 0.1) is 11.7 Å². The van der Waals surface area contributed by atoms with Crippen molar-refractivity contribution < 1.29 is 17.9 Å². The van der Waals surface area contributed by atoms with Crippen molar-refractivity contribution in [1.29, 1.82) is 0 Å². The molecule has 1 aromatic carbocycles. The molecule has 0 aromatic heterocycles. The number of ether oxygens (including phenoxy) is 1. The van der Waals surface area contributed by atoms with Gasteiger partial charge in [-0.3, -0.25) is 0 Å². The molecule has 2 N–H and O–H groups in total. The van der Waals surface area contributed by atoms with Gasteiger partial charge in [-0.1, -0.05) is 19.9 Å². The van der Waals surface area contributed by atoms with E-state index < -0.39 is 12.4 Å². The minimum absolute atomic E-state index is 0.00204. The lowest BCUT2D eigenvalue weighted by atomic mass is 10.1. The predicted octanol–water partition coefficient (Wildman–Crippen LogP) is 3.53. The molecule has 0 heterocycles. The van der Waals surface area contributed by atoms with Gasteiger partial charge >= 0.3 is 6.61 Å². The third kappa shape index (κ3) is 6.38. The van der Waals surface area contributed by atoms with Crippen LogP contribution in [0.15, 0.2) is 23.2 Å². The van der Waals surface area contributed by atoms with Crippen LogP contribution >= 0.6 is 0 Å². The van der Waals surface area contributed by atoms with Crippen LogP contribution in [0.25, 0.3) is 0 Å². The molecule has 1 rings (SSSR count). The van der Waals surface area contributed by atoms with E-state index in [1.165, 1.54) is 18.2 Å². The Labute approximate surface area is 135 Å². The number of benzene rings is 1. The third-order valence-corrected chi connectivity index (χ3v) is 3.40. The number of guanidine groups is 1. The second kappa shape index (κ2) is 9.27. The number of nitrogens with one attached hydrogen (secondary N) is 2. The Kier molecular flexibility index (Phi) is 7.71. The summed E-state index contributed by atoms with van der Waals surface area (Å²) in [5.74, 6) is 0.0566. The smallest absolute Gasteiger partial charge is 0.387 e. The minimum atomic E-state index is -3.01. The topological polar surface area (TPSA) is 45.7 Å². The van der Waals surface area contributed by atoms with Crippen molar-refractivity contribution in [2.24, 2.45) is 10.9 Å². The maximum absolute atomic E-state index is 13.9. The molecule has 7 heteroatoms. The first kappa shape index (κ1) is 19.1. The molecular weight excluding hydrogens is 307 g/mol. The molecular formula is C16H24F3N3O. The summed E-state index contributed by atoms with van der Waals surface area (Å²) in [5, 5.41) is 6.24. The Hall–Kier alpha value is -1.92. The molecule has 0 spiro atoms. The van der Waals surface area contributed by atoms with Crippen molar-refractivity contribution in [1.82, 2.24) is 10.6 Å². The van der Waals surface area contributed by atoms with E-state index in [9.17, 15) is 13.2 Å². The molecule has 0 radical (unpaired) electrons. The van der Waals surface area contributed by atoms with E-state index in [-0.39, 0.29) is 23.9 Å². The van der Waals surface area contributed by atoms with Crippen LogP contribution in [-0.4, -0.2) is 25.2 Å². The summed E-state index contributed by atoms with van der Waals surface area (Å²) < 4.78 is 43.1. The van der Waals surface area contributed by atoms with Gasteiger partial charge in [0, 0.05) is 12.6 Å². The Morgan fingerprint density at radius 1 is 1.26 bits per heavy atom. The highest BCUT2D eigenvalue weighted by atomic mass is 19.3. The number of halogens is 3. The van der Waals surface area contributed by atoms with E-state index in [1.54, 1.807) is 0 Å². The maximum Gasteiger partial charge on any atom is 0.387 e. The summed E-state index contributed by atoms with van der Waals surface area (Å²) in [6, 6.07) is 3.98. The van der Waals surface area contributed by atoms with Crippen LogP contribution in [0.4, 0.5) is 13.2 Å². The molecule has 130 valence electrons. The molecule has 0 fully saturated rings. The van der Waals surface area contributed by atoms with Gasteiger partial charge in [-0.25, -0.2) is 9.38 Å². The molecule has 4 nitrogen and oxygen atoms in total. The van der Waals surface area contributed by atoms with Crippen molar-refractivity contribution in [3.63, 3.8) is 0 Å². The number of rotatable bonds is 7. The monoisotopic (exact) mass is 331 g/mol. The van der Waals surface area contributed by atoms with E-state index in [0.29, 0.717) is 18.4 Å². The lowest BCUT2D eigenvalue weighted by Gasteiger charge is -2.21. The summed E-state index contributed by atoms with van der Waals surface area (Å²) in [4.78, 5) is 4.26. The zero-order chi connectivity index (χ0) is 17.4.